The number of fused-ring (bicyclic) bond motifs is 4. The second-order valence-electron chi connectivity index (χ2n) is 8.15. The van der Waals surface area contributed by atoms with E-state index in [1.165, 1.54) is 5.56 Å². The van der Waals surface area contributed by atoms with Crippen molar-refractivity contribution in [3.8, 4) is 0 Å². The molecule has 1 atom stereocenters. The molecule has 1 aromatic carbocycles. The minimum absolute atomic E-state index is 0.262. The quantitative estimate of drug-likeness (QED) is 0.554. The molecule has 4 aromatic rings. The summed E-state index contributed by atoms with van der Waals surface area (Å²) < 4.78 is 1.78. The molecule has 0 spiro atoms. The van der Waals surface area contributed by atoms with Gasteiger partial charge in [-0.3, -0.25) is 4.99 Å². The first-order valence-electron chi connectivity index (χ1n) is 10.3. The van der Waals surface area contributed by atoms with E-state index >= 15 is 0 Å². The lowest BCUT2D eigenvalue weighted by Gasteiger charge is -2.26. The molecule has 0 radical (unpaired) electrons. The van der Waals surface area contributed by atoms with Gasteiger partial charge in [-0.15, -0.1) is 5.10 Å². The number of nitrogens with one attached hydrogen (secondary N) is 1. The molecule has 0 saturated heterocycles. The highest BCUT2D eigenvalue weighted by Crippen LogP contribution is 2.37. The zero-order valence-corrected chi connectivity index (χ0v) is 16.0. The molecule has 1 fully saturated rings. The van der Waals surface area contributed by atoms with Crippen LogP contribution in [-0.4, -0.2) is 47.8 Å². The van der Waals surface area contributed by atoms with E-state index in [0.29, 0.717) is 12.3 Å². The van der Waals surface area contributed by atoms with Crippen LogP contribution in [0.25, 0.3) is 16.6 Å². The maximum atomic E-state index is 10.5. The van der Waals surface area contributed by atoms with Gasteiger partial charge in [0.15, 0.2) is 0 Å². The van der Waals surface area contributed by atoms with Crippen LogP contribution in [0, 0.1) is 0 Å². The molecular weight excluding hydrogens is 364 g/mol. The molecule has 2 aliphatic rings. The Morgan fingerprint density at radius 1 is 1.10 bits per heavy atom. The maximum absolute atomic E-state index is 10.5. The van der Waals surface area contributed by atoms with Crippen molar-refractivity contribution in [2.45, 2.75) is 50.2 Å². The summed E-state index contributed by atoms with van der Waals surface area (Å²) in [5.74, 6) is 0.380. The number of hydrogen-bond donors (Lipinski definition) is 2. The van der Waals surface area contributed by atoms with Crippen molar-refractivity contribution in [1.29, 1.82) is 0 Å². The van der Waals surface area contributed by atoms with Gasteiger partial charge in [-0.2, -0.15) is 0 Å². The average molecular weight is 386 g/mol. The van der Waals surface area contributed by atoms with E-state index in [1.807, 2.05) is 24.4 Å². The summed E-state index contributed by atoms with van der Waals surface area (Å²) in [6.45, 7) is 0. The second kappa shape index (κ2) is 6.49. The molecular formula is C22H22N6O. The van der Waals surface area contributed by atoms with Gasteiger partial charge in [0.05, 0.1) is 17.4 Å². The lowest BCUT2D eigenvalue weighted by Crippen LogP contribution is -2.22. The molecule has 0 bridgehead atoms. The molecule has 7 heteroatoms. The van der Waals surface area contributed by atoms with E-state index in [2.05, 4.69) is 32.4 Å². The molecule has 2 aliphatic carbocycles. The van der Waals surface area contributed by atoms with Crippen molar-refractivity contribution in [1.82, 2.24) is 24.8 Å². The number of aliphatic hydroxyl groups excluding tert-OH is 1. The highest BCUT2D eigenvalue weighted by molar-refractivity contribution is 6.07. The Morgan fingerprint density at radius 2 is 1.97 bits per heavy atom. The maximum Gasteiger partial charge on any atom is 0.141 e. The van der Waals surface area contributed by atoms with Crippen LogP contribution < -0.4 is 0 Å². The van der Waals surface area contributed by atoms with Crippen LogP contribution in [0.1, 0.15) is 48.4 Å². The molecule has 7 nitrogen and oxygen atoms in total. The minimum Gasteiger partial charge on any atom is -0.386 e. The van der Waals surface area contributed by atoms with E-state index in [-0.39, 0.29) is 6.04 Å². The predicted molar refractivity (Wildman–Crippen MR) is 110 cm³/mol. The SMILES string of the molecule is O[C@H]1Cc2ccccc2/C1=N/C1CCC(c2nnn3cnc4[nH]ccc4c23)CC1. The first kappa shape index (κ1) is 16.9. The fourth-order valence-corrected chi connectivity index (χ4v) is 4.96. The molecule has 0 unspecified atom stereocenters. The Bertz CT molecular complexity index is 1230. The molecule has 3 heterocycles. The van der Waals surface area contributed by atoms with Gasteiger partial charge in [0.25, 0.3) is 0 Å². The van der Waals surface area contributed by atoms with Gasteiger partial charge in [-0.25, -0.2) is 9.50 Å². The van der Waals surface area contributed by atoms with Crippen LogP contribution in [0.2, 0.25) is 0 Å². The monoisotopic (exact) mass is 386 g/mol. The van der Waals surface area contributed by atoms with Crippen molar-refractivity contribution in [2.24, 2.45) is 4.99 Å². The summed E-state index contributed by atoms with van der Waals surface area (Å²) in [6.07, 6.45) is 7.90. The van der Waals surface area contributed by atoms with Crippen LogP contribution in [0.3, 0.4) is 0 Å². The van der Waals surface area contributed by atoms with Crippen LogP contribution in [0.5, 0.6) is 0 Å². The van der Waals surface area contributed by atoms with E-state index in [1.54, 1.807) is 10.8 Å². The van der Waals surface area contributed by atoms with Crippen molar-refractivity contribution >= 4 is 22.3 Å². The molecule has 29 heavy (non-hydrogen) atoms. The smallest absolute Gasteiger partial charge is 0.141 e. The first-order valence-corrected chi connectivity index (χ1v) is 10.3. The second-order valence-corrected chi connectivity index (χ2v) is 8.15. The van der Waals surface area contributed by atoms with Crippen LogP contribution in [0.4, 0.5) is 0 Å². The Balaban J connectivity index is 1.26. The molecule has 1 saturated carbocycles. The third-order valence-corrected chi connectivity index (χ3v) is 6.42. The number of H-pyrrole nitrogens is 1. The number of nitrogens with zero attached hydrogens (tertiary/aromatic N) is 5. The standard InChI is InChI=1S/C22H22N6O/c29-18-11-14-3-1-2-4-16(14)20(18)25-15-7-5-13(6-8-15)19-21-17-9-10-23-22(17)24-12-28(21)27-26-19/h1-4,9-10,12-13,15,18,23,29H,5-8,11H2/b25-20-/t13?,15?,18-/m0/s1. The fraction of sp³-hybridized carbons (Fsp3) is 0.364. The first-order chi connectivity index (χ1) is 14.3. The zero-order chi connectivity index (χ0) is 19.4. The summed E-state index contributed by atoms with van der Waals surface area (Å²) >= 11 is 0. The Labute approximate surface area is 167 Å². The molecule has 6 rings (SSSR count). The normalized spacial score (nSPS) is 25.8. The highest BCUT2D eigenvalue weighted by atomic mass is 16.3. The van der Waals surface area contributed by atoms with E-state index in [0.717, 1.165) is 59.2 Å². The summed E-state index contributed by atoms with van der Waals surface area (Å²) in [4.78, 5) is 12.5. The zero-order valence-electron chi connectivity index (χ0n) is 16.0. The Morgan fingerprint density at radius 3 is 2.86 bits per heavy atom. The Kier molecular flexibility index (Phi) is 3.77. The minimum atomic E-state index is -0.471. The summed E-state index contributed by atoms with van der Waals surface area (Å²) in [6, 6.07) is 10.5. The number of aliphatic imine (C=N–C) groups is 1. The van der Waals surface area contributed by atoms with Gasteiger partial charge in [0, 0.05) is 29.5 Å². The third-order valence-electron chi connectivity index (χ3n) is 6.42. The van der Waals surface area contributed by atoms with Gasteiger partial charge in [0.1, 0.15) is 23.6 Å². The summed E-state index contributed by atoms with van der Waals surface area (Å²) in [7, 11) is 0. The van der Waals surface area contributed by atoms with Gasteiger partial charge in [-0.05, 0) is 37.3 Å². The summed E-state index contributed by atoms with van der Waals surface area (Å²) in [5.41, 5.74) is 6.19. The molecule has 0 aliphatic heterocycles. The lowest BCUT2D eigenvalue weighted by molar-refractivity contribution is 0.246. The van der Waals surface area contributed by atoms with Crippen molar-refractivity contribution in [3.05, 3.63) is 59.7 Å². The van der Waals surface area contributed by atoms with E-state index in [4.69, 9.17) is 4.99 Å². The number of hydrogen-bond acceptors (Lipinski definition) is 5. The number of aromatic nitrogens is 5. The predicted octanol–water partition coefficient (Wildman–Crippen LogP) is 3.04. The van der Waals surface area contributed by atoms with Crippen molar-refractivity contribution < 1.29 is 5.11 Å². The summed E-state index contributed by atoms with van der Waals surface area (Å²) in [5, 5.41) is 20.3. The largest absolute Gasteiger partial charge is 0.386 e. The third kappa shape index (κ3) is 2.68. The number of aliphatic hydroxyl groups is 1. The van der Waals surface area contributed by atoms with Crippen LogP contribution in [-0.2, 0) is 6.42 Å². The number of aromatic amines is 1. The van der Waals surface area contributed by atoms with Gasteiger partial charge in [0.2, 0.25) is 0 Å². The number of rotatable bonds is 2. The molecule has 3 aromatic heterocycles. The van der Waals surface area contributed by atoms with Gasteiger partial charge < -0.3 is 10.1 Å². The highest BCUT2D eigenvalue weighted by Gasteiger charge is 2.30. The Hall–Kier alpha value is -3.06. The average Bonchev–Trinajstić information content (AvgIpc) is 3.45. The van der Waals surface area contributed by atoms with Crippen molar-refractivity contribution in [2.75, 3.05) is 0 Å². The fourth-order valence-electron chi connectivity index (χ4n) is 4.96. The van der Waals surface area contributed by atoms with Gasteiger partial charge in [-0.1, -0.05) is 29.5 Å². The molecule has 0 amide bonds. The van der Waals surface area contributed by atoms with Crippen LogP contribution in [0.15, 0.2) is 47.8 Å². The molecule has 2 N–H and O–H groups in total. The van der Waals surface area contributed by atoms with Crippen LogP contribution >= 0.6 is 0 Å². The van der Waals surface area contributed by atoms with E-state index < -0.39 is 6.10 Å². The molecule has 146 valence electrons. The van der Waals surface area contributed by atoms with Crippen molar-refractivity contribution in [3.63, 3.8) is 0 Å². The number of benzene rings is 1. The topological polar surface area (TPSA) is 91.5 Å². The lowest BCUT2D eigenvalue weighted by atomic mass is 9.83. The van der Waals surface area contributed by atoms with Gasteiger partial charge >= 0.3 is 0 Å². The van der Waals surface area contributed by atoms with E-state index in [9.17, 15) is 5.11 Å².